The van der Waals surface area contributed by atoms with Crippen molar-refractivity contribution in [3.8, 4) is 22.4 Å². The predicted molar refractivity (Wildman–Crippen MR) is 96.6 cm³/mol. The van der Waals surface area contributed by atoms with Gasteiger partial charge in [-0.05, 0) is 43.2 Å². The van der Waals surface area contributed by atoms with Crippen molar-refractivity contribution >= 4 is 5.97 Å². The highest BCUT2D eigenvalue weighted by Gasteiger charge is 2.18. The summed E-state index contributed by atoms with van der Waals surface area (Å²) >= 11 is 0. The van der Waals surface area contributed by atoms with Crippen LogP contribution < -0.4 is 0 Å². The Morgan fingerprint density at radius 3 is 2.36 bits per heavy atom. The number of ether oxygens (including phenoxy) is 1. The molecule has 2 aromatic carbocycles. The van der Waals surface area contributed by atoms with E-state index in [0.717, 1.165) is 28.1 Å². The fourth-order valence-electron chi connectivity index (χ4n) is 2.97. The standard InChI is InChI=1S/C21H20FNO2/c1-3-25-20(24)14-23-15(2)13-19(16-9-11-18(22)12-10-16)21(23)17-7-5-4-6-8-17/h4-13H,3,14H2,1-2H3. The minimum Gasteiger partial charge on any atom is -0.465 e. The summed E-state index contributed by atoms with van der Waals surface area (Å²) < 4.78 is 20.4. The number of benzene rings is 2. The van der Waals surface area contributed by atoms with E-state index in [2.05, 4.69) is 0 Å². The third-order valence-electron chi connectivity index (χ3n) is 4.10. The summed E-state index contributed by atoms with van der Waals surface area (Å²) in [7, 11) is 0. The van der Waals surface area contributed by atoms with Gasteiger partial charge in [-0.3, -0.25) is 4.79 Å². The maximum absolute atomic E-state index is 13.3. The van der Waals surface area contributed by atoms with Gasteiger partial charge in [0.25, 0.3) is 0 Å². The first-order valence-electron chi connectivity index (χ1n) is 8.27. The Hall–Kier alpha value is -2.88. The van der Waals surface area contributed by atoms with E-state index in [1.165, 1.54) is 12.1 Å². The molecule has 4 heteroatoms. The molecule has 128 valence electrons. The maximum atomic E-state index is 13.3. The quantitative estimate of drug-likeness (QED) is 0.624. The summed E-state index contributed by atoms with van der Waals surface area (Å²) in [4.78, 5) is 12.0. The number of halogens is 1. The van der Waals surface area contributed by atoms with E-state index in [0.29, 0.717) is 6.61 Å². The fourth-order valence-corrected chi connectivity index (χ4v) is 2.97. The van der Waals surface area contributed by atoms with E-state index >= 15 is 0 Å². The highest BCUT2D eigenvalue weighted by Crippen LogP contribution is 2.35. The average Bonchev–Trinajstić information content (AvgIpc) is 2.93. The number of esters is 1. The van der Waals surface area contributed by atoms with E-state index in [1.54, 1.807) is 19.1 Å². The summed E-state index contributed by atoms with van der Waals surface area (Å²) in [6.07, 6.45) is 0. The number of hydrogen-bond donors (Lipinski definition) is 0. The zero-order valence-corrected chi connectivity index (χ0v) is 14.3. The number of rotatable bonds is 5. The van der Waals surface area contributed by atoms with Crippen LogP contribution >= 0.6 is 0 Å². The molecule has 0 N–H and O–H groups in total. The first kappa shape index (κ1) is 17.0. The zero-order chi connectivity index (χ0) is 17.8. The predicted octanol–water partition coefficient (Wildman–Crippen LogP) is 4.83. The van der Waals surface area contributed by atoms with E-state index in [-0.39, 0.29) is 18.3 Å². The number of aromatic nitrogens is 1. The molecule has 3 nitrogen and oxygen atoms in total. The van der Waals surface area contributed by atoms with Gasteiger partial charge in [-0.2, -0.15) is 0 Å². The van der Waals surface area contributed by atoms with Crippen LogP contribution in [-0.4, -0.2) is 17.1 Å². The van der Waals surface area contributed by atoms with Crippen molar-refractivity contribution in [3.05, 3.63) is 72.2 Å². The molecule has 0 bridgehead atoms. The first-order valence-corrected chi connectivity index (χ1v) is 8.27. The molecule has 3 aromatic rings. The third-order valence-corrected chi connectivity index (χ3v) is 4.10. The second-order valence-corrected chi connectivity index (χ2v) is 5.81. The smallest absolute Gasteiger partial charge is 0.325 e. The SMILES string of the molecule is CCOC(=O)Cn1c(C)cc(-c2ccc(F)cc2)c1-c1ccccc1. The van der Waals surface area contributed by atoms with Gasteiger partial charge in [-0.25, -0.2) is 4.39 Å². The highest BCUT2D eigenvalue weighted by atomic mass is 19.1. The Labute approximate surface area is 146 Å². The summed E-state index contributed by atoms with van der Waals surface area (Å²) in [6, 6.07) is 18.3. The minimum absolute atomic E-state index is 0.144. The van der Waals surface area contributed by atoms with Crippen LogP contribution in [0.5, 0.6) is 0 Å². The van der Waals surface area contributed by atoms with Crippen molar-refractivity contribution in [2.24, 2.45) is 0 Å². The molecule has 0 fully saturated rings. The molecule has 1 heterocycles. The molecule has 0 unspecified atom stereocenters. The lowest BCUT2D eigenvalue weighted by Crippen LogP contribution is -2.15. The monoisotopic (exact) mass is 337 g/mol. The molecule has 0 spiro atoms. The number of aryl methyl sites for hydroxylation is 1. The van der Waals surface area contributed by atoms with Gasteiger partial charge in [-0.1, -0.05) is 42.5 Å². The number of nitrogens with zero attached hydrogens (tertiary/aromatic N) is 1. The molecule has 0 aliphatic carbocycles. The molecular formula is C21H20FNO2. The van der Waals surface area contributed by atoms with E-state index in [4.69, 9.17) is 4.74 Å². The first-order chi connectivity index (χ1) is 12.1. The molecule has 0 radical (unpaired) electrons. The van der Waals surface area contributed by atoms with Gasteiger partial charge in [-0.15, -0.1) is 0 Å². The van der Waals surface area contributed by atoms with E-state index in [9.17, 15) is 9.18 Å². The van der Waals surface area contributed by atoms with Crippen LogP contribution in [0.15, 0.2) is 60.7 Å². The maximum Gasteiger partial charge on any atom is 0.325 e. The highest BCUT2D eigenvalue weighted by molar-refractivity contribution is 5.84. The molecule has 0 amide bonds. The lowest BCUT2D eigenvalue weighted by Gasteiger charge is -2.13. The third kappa shape index (κ3) is 3.63. The molecule has 0 aliphatic rings. The van der Waals surface area contributed by atoms with Gasteiger partial charge in [0.1, 0.15) is 12.4 Å². The molecule has 1 aromatic heterocycles. The van der Waals surface area contributed by atoms with Crippen molar-refractivity contribution in [2.45, 2.75) is 20.4 Å². The zero-order valence-electron chi connectivity index (χ0n) is 14.3. The van der Waals surface area contributed by atoms with Crippen molar-refractivity contribution in [1.82, 2.24) is 4.57 Å². The summed E-state index contributed by atoms with van der Waals surface area (Å²) in [5.74, 6) is -0.545. The average molecular weight is 337 g/mol. The molecule has 0 atom stereocenters. The van der Waals surface area contributed by atoms with Gasteiger partial charge in [0.05, 0.1) is 12.3 Å². The van der Waals surface area contributed by atoms with E-state index in [1.807, 2.05) is 47.9 Å². The molecular weight excluding hydrogens is 317 g/mol. The molecule has 25 heavy (non-hydrogen) atoms. The number of carbonyl (C=O) groups is 1. The van der Waals surface area contributed by atoms with E-state index < -0.39 is 0 Å². The Bertz CT molecular complexity index is 867. The number of hydrogen-bond acceptors (Lipinski definition) is 2. The fraction of sp³-hybridized carbons (Fsp3) is 0.190. The van der Waals surface area contributed by atoms with Crippen LogP contribution in [0.25, 0.3) is 22.4 Å². The molecule has 0 aliphatic heterocycles. The Kier molecular flexibility index (Phi) is 4.98. The Balaban J connectivity index is 2.15. The van der Waals surface area contributed by atoms with Crippen LogP contribution in [-0.2, 0) is 16.1 Å². The second-order valence-electron chi connectivity index (χ2n) is 5.81. The summed E-state index contributed by atoms with van der Waals surface area (Å²) in [5, 5.41) is 0. The summed E-state index contributed by atoms with van der Waals surface area (Å²) in [6.45, 7) is 4.25. The van der Waals surface area contributed by atoms with Crippen LogP contribution in [0.4, 0.5) is 4.39 Å². The van der Waals surface area contributed by atoms with Crippen LogP contribution in [0.3, 0.4) is 0 Å². The number of carbonyl (C=O) groups excluding carboxylic acids is 1. The normalized spacial score (nSPS) is 10.7. The van der Waals surface area contributed by atoms with Crippen molar-refractivity contribution in [2.75, 3.05) is 6.61 Å². The van der Waals surface area contributed by atoms with Gasteiger partial charge >= 0.3 is 5.97 Å². The Morgan fingerprint density at radius 2 is 1.72 bits per heavy atom. The Morgan fingerprint density at radius 1 is 1.04 bits per heavy atom. The molecule has 0 saturated carbocycles. The lowest BCUT2D eigenvalue weighted by atomic mass is 10.0. The topological polar surface area (TPSA) is 31.2 Å². The van der Waals surface area contributed by atoms with Crippen molar-refractivity contribution < 1.29 is 13.9 Å². The summed E-state index contributed by atoms with van der Waals surface area (Å²) in [5.41, 5.74) is 4.75. The second kappa shape index (κ2) is 7.34. The molecule has 0 saturated heterocycles. The van der Waals surface area contributed by atoms with Gasteiger partial charge in [0, 0.05) is 11.3 Å². The van der Waals surface area contributed by atoms with Crippen LogP contribution in [0.2, 0.25) is 0 Å². The van der Waals surface area contributed by atoms with Crippen molar-refractivity contribution in [3.63, 3.8) is 0 Å². The largest absolute Gasteiger partial charge is 0.465 e. The van der Waals surface area contributed by atoms with Crippen molar-refractivity contribution in [1.29, 1.82) is 0 Å². The molecule has 3 rings (SSSR count). The van der Waals surface area contributed by atoms with Gasteiger partial charge < -0.3 is 9.30 Å². The van der Waals surface area contributed by atoms with Gasteiger partial charge in [0.15, 0.2) is 0 Å². The minimum atomic E-state index is -0.274. The van der Waals surface area contributed by atoms with Crippen LogP contribution in [0.1, 0.15) is 12.6 Å². The lowest BCUT2D eigenvalue weighted by molar-refractivity contribution is -0.143. The van der Waals surface area contributed by atoms with Crippen LogP contribution in [0, 0.1) is 12.7 Å². The van der Waals surface area contributed by atoms with Gasteiger partial charge in [0.2, 0.25) is 0 Å².